The molecule has 0 aliphatic rings. The number of benzene rings is 2. The minimum absolute atomic E-state index is 0.139. The fourth-order valence-electron chi connectivity index (χ4n) is 3.42. The number of nitro groups is 1. The molecule has 0 unspecified atom stereocenters. The van der Waals surface area contributed by atoms with E-state index in [2.05, 4.69) is 4.72 Å². The zero-order chi connectivity index (χ0) is 22.9. The van der Waals surface area contributed by atoms with Gasteiger partial charge in [0.2, 0.25) is 0 Å². The summed E-state index contributed by atoms with van der Waals surface area (Å²) < 4.78 is 36.4. The minimum atomic E-state index is -4.45. The van der Waals surface area contributed by atoms with Crippen molar-refractivity contribution in [1.82, 2.24) is 9.36 Å². The van der Waals surface area contributed by atoms with Crippen molar-refractivity contribution in [3.05, 3.63) is 74.7 Å². The van der Waals surface area contributed by atoms with E-state index in [9.17, 15) is 23.3 Å². The van der Waals surface area contributed by atoms with Gasteiger partial charge in [-0.3, -0.25) is 24.3 Å². The molecule has 31 heavy (non-hydrogen) atoms. The maximum absolute atomic E-state index is 13.2. The number of anilines is 1. The molecule has 0 aliphatic carbocycles. The Bertz CT molecular complexity index is 1290. The maximum atomic E-state index is 13.2. The van der Waals surface area contributed by atoms with Gasteiger partial charge in [-0.1, -0.05) is 32.0 Å². The normalized spacial score (nSPS) is 11.5. The molecule has 11 heteroatoms. The molecule has 0 amide bonds. The van der Waals surface area contributed by atoms with Gasteiger partial charge in [-0.05, 0) is 30.2 Å². The highest BCUT2D eigenvalue weighted by atomic mass is 32.2. The second kappa shape index (κ2) is 8.26. The predicted octanol–water partition coefficient (Wildman–Crippen LogP) is 3.02. The van der Waals surface area contributed by atoms with Gasteiger partial charge >= 0.3 is 0 Å². The molecule has 164 valence electrons. The van der Waals surface area contributed by atoms with Gasteiger partial charge in [0.15, 0.2) is 4.90 Å². The molecule has 1 N–H and O–H groups in total. The first-order valence-electron chi connectivity index (χ1n) is 9.31. The molecule has 1 heterocycles. The van der Waals surface area contributed by atoms with E-state index < -0.39 is 31.1 Å². The largest absolute Gasteiger partial charge is 0.497 e. The topological polar surface area (TPSA) is 125 Å². The fraction of sp³-hybridized carbons (Fsp3) is 0.250. The lowest BCUT2D eigenvalue weighted by Gasteiger charge is -2.13. The Labute approximate surface area is 178 Å². The first-order valence-corrected chi connectivity index (χ1v) is 10.8. The van der Waals surface area contributed by atoms with Crippen LogP contribution in [0.2, 0.25) is 0 Å². The van der Waals surface area contributed by atoms with Crippen LogP contribution in [0.1, 0.15) is 25.5 Å². The summed E-state index contributed by atoms with van der Waals surface area (Å²) in [6.45, 7) is 3.63. The third-order valence-corrected chi connectivity index (χ3v) is 6.14. The zero-order valence-electron chi connectivity index (χ0n) is 17.4. The summed E-state index contributed by atoms with van der Waals surface area (Å²) >= 11 is 0. The predicted molar refractivity (Wildman–Crippen MR) is 116 cm³/mol. The molecule has 0 saturated heterocycles. The first kappa shape index (κ1) is 22.1. The average Bonchev–Trinajstić information content (AvgIpc) is 2.97. The molecule has 0 atom stereocenters. The van der Waals surface area contributed by atoms with Crippen LogP contribution < -0.4 is 15.0 Å². The highest BCUT2D eigenvalue weighted by Crippen LogP contribution is 2.31. The van der Waals surface area contributed by atoms with E-state index in [1.54, 1.807) is 42.1 Å². The first-order chi connectivity index (χ1) is 14.6. The SMILES string of the molecule is COc1ccc(S(=O)(=O)Nc2c(C(C)C)n(C)n(-c3ccccc3)c2=O)c([N+](=O)[O-])c1. The number of ether oxygens (including phenoxy) is 1. The van der Waals surface area contributed by atoms with Gasteiger partial charge < -0.3 is 4.74 Å². The van der Waals surface area contributed by atoms with E-state index >= 15 is 0 Å². The summed E-state index contributed by atoms with van der Waals surface area (Å²) in [5, 5.41) is 11.5. The Hall–Kier alpha value is -3.60. The highest BCUT2D eigenvalue weighted by Gasteiger charge is 2.30. The van der Waals surface area contributed by atoms with E-state index in [1.807, 2.05) is 13.8 Å². The van der Waals surface area contributed by atoms with Gasteiger partial charge in [-0.15, -0.1) is 0 Å². The molecule has 0 fully saturated rings. The Kier molecular flexibility index (Phi) is 5.89. The van der Waals surface area contributed by atoms with Crippen molar-refractivity contribution in [1.29, 1.82) is 0 Å². The minimum Gasteiger partial charge on any atom is -0.497 e. The average molecular weight is 446 g/mol. The number of nitrogens with zero attached hydrogens (tertiary/aromatic N) is 3. The Balaban J connectivity index is 2.19. The van der Waals surface area contributed by atoms with Gasteiger partial charge in [0, 0.05) is 7.05 Å². The summed E-state index contributed by atoms with van der Waals surface area (Å²) in [5.41, 5.74) is -0.410. The molecule has 0 radical (unpaired) electrons. The third kappa shape index (κ3) is 4.04. The molecule has 1 aromatic heterocycles. The van der Waals surface area contributed by atoms with Crippen molar-refractivity contribution >= 4 is 21.4 Å². The number of sulfonamides is 1. The molecular formula is C20H22N4O6S. The summed E-state index contributed by atoms with van der Waals surface area (Å²) in [5.74, 6) is -0.0779. The van der Waals surface area contributed by atoms with Crippen LogP contribution in [0.25, 0.3) is 5.69 Å². The number of hydrogen-bond acceptors (Lipinski definition) is 6. The molecule has 0 saturated carbocycles. The van der Waals surface area contributed by atoms with Crippen molar-refractivity contribution in [2.45, 2.75) is 24.7 Å². The summed E-state index contributed by atoms with van der Waals surface area (Å²) in [4.78, 5) is 23.3. The van der Waals surface area contributed by atoms with Crippen LogP contribution in [0.4, 0.5) is 11.4 Å². The summed E-state index contributed by atoms with van der Waals surface area (Å²) in [7, 11) is -1.49. The van der Waals surface area contributed by atoms with Crippen LogP contribution in [0.3, 0.4) is 0 Å². The lowest BCUT2D eigenvalue weighted by molar-refractivity contribution is -0.387. The number of nitrogens with one attached hydrogen (secondary N) is 1. The van der Waals surface area contributed by atoms with Crippen LogP contribution in [-0.4, -0.2) is 29.8 Å². The summed E-state index contributed by atoms with van der Waals surface area (Å²) in [6, 6.07) is 12.2. The van der Waals surface area contributed by atoms with Crippen molar-refractivity contribution in [2.75, 3.05) is 11.8 Å². The number of hydrogen-bond donors (Lipinski definition) is 1. The van der Waals surface area contributed by atoms with Crippen molar-refractivity contribution in [3.8, 4) is 11.4 Å². The Morgan fingerprint density at radius 3 is 2.32 bits per heavy atom. The second-order valence-electron chi connectivity index (χ2n) is 7.09. The molecule has 0 spiro atoms. The van der Waals surface area contributed by atoms with E-state index in [1.165, 1.54) is 17.9 Å². The smallest absolute Gasteiger partial charge is 0.296 e. The fourth-order valence-corrected chi connectivity index (χ4v) is 4.65. The van der Waals surface area contributed by atoms with E-state index in [-0.39, 0.29) is 17.4 Å². The Morgan fingerprint density at radius 1 is 1.13 bits per heavy atom. The van der Waals surface area contributed by atoms with E-state index in [4.69, 9.17) is 4.74 Å². The molecule has 3 rings (SSSR count). The highest BCUT2D eigenvalue weighted by molar-refractivity contribution is 7.92. The molecular weight excluding hydrogens is 424 g/mol. The monoisotopic (exact) mass is 446 g/mol. The number of nitro benzene ring substituents is 1. The van der Waals surface area contributed by atoms with Gasteiger partial charge in [-0.2, -0.15) is 0 Å². The number of rotatable bonds is 7. The van der Waals surface area contributed by atoms with Gasteiger partial charge in [0.1, 0.15) is 11.4 Å². The lowest BCUT2D eigenvalue weighted by Crippen LogP contribution is -2.23. The molecule has 0 aliphatic heterocycles. The van der Waals surface area contributed by atoms with Gasteiger partial charge in [0.05, 0.1) is 29.5 Å². The number of aromatic nitrogens is 2. The van der Waals surface area contributed by atoms with Crippen molar-refractivity contribution in [2.24, 2.45) is 7.05 Å². The van der Waals surface area contributed by atoms with E-state index in [0.717, 1.165) is 12.1 Å². The molecule has 2 aromatic carbocycles. The molecule has 0 bridgehead atoms. The van der Waals surface area contributed by atoms with Crippen LogP contribution in [0.5, 0.6) is 5.75 Å². The maximum Gasteiger partial charge on any atom is 0.296 e. The van der Waals surface area contributed by atoms with Crippen LogP contribution in [0.15, 0.2) is 58.2 Å². The third-order valence-electron chi connectivity index (χ3n) is 4.75. The zero-order valence-corrected chi connectivity index (χ0v) is 18.2. The van der Waals surface area contributed by atoms with Gasteiger partial charge in [0.25, 0.3) is 21.3 Å². The standard InChI is InChI=1S/C20H22N4O6S/c1-13(2)19-18(20(25)23(22(19)3)14-8-6-5-7-9-14)21-31(28,29)17-11-10-15(30-4)12-16(17)24(26)27/h5-13,21H,1-4H3. The van der Waals surface area contributed by atoms with E-state index in [0.29, 0.717) is 11.4 Å². The van der Waals surface area contributed by atoms with Crippen molar-refractivity contribution in [3.63, 3.8) is 0 Å². The van der Waals surface area contributed by atoms with Crippen LogP contribution in [0, 0.1) is 10.1 Å². The molecule has 10 nitrogen and oxygen atoms in total. The van der Waals surface area contributed by atoms with Crippen molar-refractivity contribution < 1.29 is 18.1 Å². The second-order valence-corrected chi connectivity index (χ2v) is 8.74. The number of methoxy groups -OCH3 is 1. The quantitative estimate of drug-likeness (QED) is 0.439. The van der Waals surface area contributed by atoms with Crippen LogP contribution >= 0.6 is 0 Å². The number of para-hydroxylation sites is 1. The molecule has 3 aromatic rings. The lowest BCUT2D eigenvalue weighted by atomic mass is 10.1. The van der Waals surface area contributed by atoms with Crippen LogP contribution in [-0.2, 0) is 17.1 Å². The summed E-state index contributed by atoms with van der Waals surface area (Å²) in [6.07, 6.45) is 0. The Morgan fingerprint density at radius 2 is 1.77 bits per heavy atom. The van der Waals surface area contributed by atoms with Gasteiger partial charge in [-0.25, -0.2) is 13.1 Å².